The summed E-state index contributed by atoms with van der Waals surface area (Å²) in [7, 11) is 0. The number of nitrogens with one attached hydrogen (secondary N) is 1. The van der Waals surface area contributed by atoms with E-state index in [-0.39, 0.29) is 5.92 Å². The number of carboxylic acid groups (broad SMARTS) is 1. The third kappa shape index (κ3) is 4.46. The number of nitrogens with zero attached hydrogens (tertiary/aromatic N) is 1. The predicted octanol–water partition coefficient (Wildman–Crippen LogP) is 1.95. The summed E-state index contributed by atoms with van der Waals surface area (Å²) in [5.74, 6) is -0.0108. The Labute approximate surface area is 116 Å². The van der Waals surface area contributed by atoms with E-state index in [0.717, 1.165) is 44.9 Å². The maximum Gasteiger partial charge on any atom is 0.307 e. The fourth-order valence-electron chi connectivity index (χ4n) is 3.57. The molecule has 1 saturated carbocycles. The van der Waals surface area contributed by atoms with Gasteiger partial charge in [-0.15, -0.1) is 0 Å². The van der Waals surface area contributed by atoms with Crippen molar-refractivity contribution in [3.8, 4) is 0 Å². The zero-order valence-corrected chi connectivity index (χ0v) is 12.1. The summed E-state index contributed by atoms with van der Waals surface area (Å²) in [6, 6.07) is 0.358. The fraction of sp³-hybridized carbons (Fsp3) is 0.933. The zero-order chi connectivity index (χ0) is 13.7. The van der Waals surface area contributed by atoms with Gasteiger partial charge in [0, 0.05) is 25.7 Å². The molecule has 2 aliphatic rings. The molecular weight excluding hydrogens is 240 g/mol. The predicted molar refractivity (Wildman–Crippen MR) is 76.2 cm³/mol. The molecule has 1 saturated heterocycles. The molecule has 0 aromatic rings. The Morgan fingerprint density at radius 2 is 2.05 bits per heavy atom. The van der Waals surface area contributed by atoms with E-state index in [1.54, 1.807) is 0 Å². The Balaban J connectivity index is 1.87. The second-order valence-electron chi connectivity index (χ2n) is 6.29. The number of hydrogen-bond donors (Lipinski definition) is 2. The average Bonchev–Trinajstić information content (AvgIpc) is 2.89. The standard InChI is InChI=1S/C15H28N2O2/c1-2-7-16-14-8-13(15(18)19)10-17(11-14)9-12-5-3-4-6-12/h12-14,16H,2-11H2,1H3,(H,18,19). The van der Waals surface area contributed by atoms with Crippen LogP contribution in [0.15, 0.2) is 0 Å². The Bertz CT molecular complexity index is 290. The van der Waals surface area contributed by atoms with Crippen molar-refractivity contribution < 1.29 is 9.90 Å². The molecule has 0 aromatic carbocycles. The Kier molecular flexibility index (Phi) is 5.64. The van der Waals surface area contributed by atoms with E-state index in [0.29, 0.717) is 6.04 Å². The van der Waals surface area contributed by atoms with E-state index in [9.17, 15) is 9.90 Å². The summed E-state index contributed by atoms with van der Waals surface area (Å²) in [5, 5.41) is 12.8. The first-order chi connectivity index (χ1) is 9.19. The van der Waals surface area contributed by atoms with Gasteiger partial charge in [0.15, 0.2) is 0 Å². The van der Waals surface area contributed by atoms with Gasteiger partial charge in [-0.1, -0.05) is 19.8 Å². The molecule has 4 nitrogen and oxygen atoms in total. The van der Waals surface area contributed by atoms with Crippen LogP contribution in [0.5, 0.6) is 0 Å². The summed E-state index contributed by atoms with van der Waals surface area (Å²) in [6.07, 6.45) is 7.28. The second kappa shape index (κ2) is 7.25. The van der Waals surface area contributed by atoms with E-state index < -0.39 is 5.97 Å². The molecule has 1 aliphatic heterocycles. The van der Waals surface area contributed by atoms with Crippen molar-refractivity contribution in [3.05, 3.63) is 0 Å². The maximum absolute atomic E-state index is 11.3. The Morgan fingerprint density at radius 1 is 1.32 bits per heavy atom. The van der Waals surface area contributed by atoms with Crippen LogP contribution >= 0.6 is 0 Å². The highest BCUT2D eigenvalue weighted by Gasteiger charge is 2.32. The van der Waals surface area contributed by atoms with Gasteiger partial charge in [-0.3, -0.25) is 4.79 Å². The lowest BCUT2D eigenvalue weighted by atomic mass is 9.93. The van der Waals surface area contributed by atoms with Gasteiger partial charge in [0.1, 0.15) is 0 Å². The lowest BCUT2D eigenvalue weighted by molar-refractivity contribution is -0.144. The molecule has 2 atom stereocenters. The lowest BCUT2D eigenvalue weighted by Gasteiger charge is -2.37. The van der Waals surface area contributed by atoms with E-state index in [2.05, 4.69) is 17.1 Å². The van der Waals surface area contributed by atoms with Crippen molar-refractivity contribution >= 4 is 5.97 Å². The number of rotatable bonds is 6. The minimum Gasteiger partial charge on any atom is -0.481 e. The minimum absolute atomic E-state index is 0.190. The van der Waals surface area contributed by atoms with Gasteiger partial charge in [-0.05, 0) is 38.1 Å². The van der Waals surface area contributed by atoms with Crippen molar-refractivity contribution in [2.75, 3.05) is 26.2 Å². The van der Waals surface area contributed by atoms with Crippen LogP contribution in [0.4, 0.5) is 0 Å². The highest BCUT2D eigenvalue weighted by Crippen LogP contribution is 2.27. The van der Waals surface area contributed by atoms with Gasteiger partial charge in [0.25, 0.3) is 0 Å². The van der Waals surface area contributed by atoms with Crippen molar-refractivity contribution in [1.29, 1.82) is 0 Å². The van der Waals surface area contributed by atoms with Crippen molar-refractivity contribution in [2.24, 2.45) is 11.8 Å². The maximum atomic E-state index is 11.3. The summed E-state index contributed by atoms with van der Waals surface area (Å²) >= 11 is 0. The molecule has 2 unspecified atom stereocenters. The smallest absolute Gasteiger partial charge is 0.307 e. The van der Waals surface area contributed by atoms with Crippen LogP contribution in [0.3, 0.4) is 0 Å². The zero-order valence-electron chi connectivity index (χ0n) is 12.1. The quantitative estimate of drug-likeness (QED) is 0.773. The van der Waals surface area contributed by atoms with E-state index >= 15 is 0 Å². The van der Waals surface area contributed by atoms with Gasteiger partial charge in [-0.2, -0.15) is 0 Å². The van der Waals surface area contributed by atoms with Crippen molar-refractivity contribution in [1.82, 2.24) is 10.2 Å². The Morgan fingerprint density at radius 3 is 2.68 bits per heavy atom. The van der Waals surface area contributed by atoms with Crippen LogP contribution in [0.2, 0.25) is 0 Å². The number of aliphatic carboxylic acids is 1. The van der Waals surface area contributed by atoms with Crippen LogP contribution in [0, 0.1) is 11.8 Å². The molecule has 4 heteroatoms. The normalized spacial score (nSPS) is 29.7. The molecule has 0 aromatic heterocycles. The minimum atomic E-state index is -0.626. The van der Waals surface area contributed by atoms with E-state index in [4.69, 9.17) is 0 Å². The second-order valence-corrected chi connectivity index (χ2v) is 6.29. The Hall–Kier alpha value is -0.610. The van der Waals surface area contributed by atoms with Crippen LogP contribution in [-0.2, 0) is 4.79 Å². The first-order valence-corrected chi connectivity index (χ1v) is 7.87. The van der Waals surface area contributed by atoms with Crippen LogP contribution in [0.25, 0.3) is 0 Å². The van der Waals surface area contributed by atoms with Crippen molar-refractivity contribution in [2.45, 2.75) is 51.5 Å². The molecule has 2 fully saturated rings. The first-order valence-electron chi connectivity index (χ1n) is 7.87. The van der Waals surface area contributed by atoms with Crippen LogP contribution in [0.1, 0.15) is 45.4 Å². The summed E-state index contributed by atoms with van der Waals surface area (Å²) < 4.78 is 0. The van der Waals surface area contributed by atoms with Crippen LogP contribution < -0.4 is 5.32 Å². The summed E-state index contributed by atoms with van der Waals surface area (Å²) in [5.41, 5.74) is 0. The van der Waals surface area contributed by atoms with Crippen LogP contribution in [-0.4, -0.2) is 48.2 Å². The molecule has 0 bridgehead atoms. The fourth-order valence-corrected chi connectivity index (χ4v) is 3.57. The SMILES string of the molecule is CCCNC1CC(C(=O)O)CN(CC2CCCC2)C1. The number of piperidine rings is 1. The average molecular weight is 268 g/mol. The number of carboxylic acids is 1. The van der Waals surface area contributed by atoms with E-state index in [1.807, 2.05) is 0 Å². The number of carbonyl (C=O) groups is 1. The van der Waals surface area contributed by atoms with Gasteiger partial charge in [-0.25, -0.2) is 0 Å². The third-order valence-electron chi connectivity index (χ3n) is 4.55. The molecular formula is C15H28N2O2. The van der Waals surface area contributed by atoms with Crippen molar-refractivity contribution in [3.63, 3.8) is 0 Å². The van der Waals surface area contributed by atoms with Gasteiger partial charge in [0.2, 0.25) is 0 Å². The molecule has 0 spiro atoms. The van der Waals surface area contributed by atoms with Gasteiger partial charge in [0.05, 0.1) is 5.92 Å². The molecule has 19 heavy (non-hydrogen) atoms. The monoisotopic (exact) mass is 268 g/mol. The van der Waals surface area contributed by atoms with Gasteiger partial charge < -0.3 is 15.3 Å². The highest BCUT2D eigenvalue weighted by atomic mass is 16.4. The highest BCUT2D eigenvalue weighted by molar-refractivity contribution is 5.70. The topological polar surface area (TPSA) is 52.6 Å². The largest absolute Gasteiger partial charge is 0.481 e. The summed E-state index contributed by atoms with van der Waals surface area (Å²) in [4.78, 5) is 13.7. The third-order valence-corrected chi connectivity index (χ3v) is 4.55. The number of likely N-dealkylation sites (tertiary alicyclic amines) is 1. The summed E-state index contributed by atoms with van der Waals surface area (Å²) in [6.45, 7) is 6.03. The molecule has 110 valence electrons. The van der Waals surface area contributed by atoms with Gasteiger partial charge >= 0.3 is 5.97 Å². The van der Waals surface area contributed by atoms with E-state index in [1.165, 1.54) is 25.7 Å². The molecule has 1 aliphatic carbocycles. The first kappa shape index (κ1) is 14.8. The number of hydrogen-bond acceptors (Lipinski definition) is 3. The molecule has 2 N–H and O–H groups in total. The molecule has 0 radical (unpaired) electrons. The lowest BCUT2D eigenvalue weighted by Crippen LogP contribution is -2.52. The molecule has 1 heterocycles. The molecule has 0 amide bonds. The molecule has 2 rings (SSSR count).